The Kier molecular flexibility index (Phi) is 7.82. The lowest BCUT2D eigenvalue weighted by molar-refractivity contribution is -0.120. The number of pyridine rings is 1. The smallest absolute Gasteiger partial charge is 0.235 e. The Balaban J connectivity index is 1.62. The molecule has 0 spiro atoms. The zero-order chi connectivity index (χ0) is 17.2. The third-order valence-electron chi connectivity index (χ3n) is 3.90. The molecule has 0 fully saturated rings. The average Bonchev–Trinajstić information content (AvgIpc) is 2.61. The molecular weight excluding hydrogens is 322 g/mol. The quantitative estimate of drug-likeness (QED) is 0.709. The largest absolute Gasteiger partial charge is 0.355 e. The van der Waals surface area contributed by atoms with Crippen LogP contribution in [0.3, 0.4) is 0 Å². The minimum atomic E-state index is -0.250. The number of rotatable bonds is 8. The van der Waals surface area contributed by atoms with Gasteiger partial charge in [0, 0.05) is 12.7 Å². The minimum absolute atomic E-state index is 0.0120. The van der Waals surface area contributed by atoms with E-state index in [4.69, 9.17) is 0 Å². The monoisotopic (exact) mass is 347 g/mol. The van der Waals surface area contributed by atoms with Crippen molar-refractivity contribution in [3.8, 4) is 0 Å². The second-order valence-corrected chi connectivity index (χ2v) is 7.19. The molecule has 0 radical (unpaired) electrons. The summed E-state index contributed by atoms with van der Waals surface area (Å²) in [6.07, 6.45) is 9.73. The highest BCUT2D eigenvalue weighted by atomic mass is 32.2. The first kappa shape index (κ1) is 18.5. The predicted octanol–water partition coefficient (Wildman–Crippen LogP) is 3.15. The molecule has 0 saturated heterocycles. The van der Waals surface area contributed by atoms with Crippen molar-refractivity contribution >= 4 is 29.4 Å². The number of carbonyl (C=O) groups excluding carboxylic acids is 2. The van der Waals surface area contributed by atoms with Gasteiger partial charge in [-0.3, -0.25) is 9.59 Å². The zero-order valence-corrected chi connectivity index (χ0v) is 14.9. The van der Waals surface area contributed by atoms with Crippen molar-refractivity contribution < 1.29 is 9.59 Å². The van der Waals surface area contributed by atoms with Gasteiger partial charge < -0.3 is 10.6 Å². The van der Waals surface area contributed by atoms with Gasteiger partial charge in [-0.05, 0) is 51.2 Å². The number of aromatic nitrogens is 1. The Morgan fingerprint density at radius 3 is 2.92 bits per heavy atom. The number of hydrogen-bond acceptors (Lipinski definition) is 4. The Labute approximate surface area is 147 Å². The molecule has 0 bridgehead atoms. The lowest BCUT2D eigenvalue weighted by Crippen LogP contribution is -2.32. The van der Waals surface area contributed by atoms with E-state index in [1.807, 2.05) is 13.0 Å². The molecule has 0 aromatic carbocycles. The van der Waals surface area contributed by atoms with Crippen LogP contribution < -0.4 is 10.6 Å². The normalized spacial score (nSPS) is 15.3. The van der Waals surface area contributed by atoms with Gasteiger partial charge in [0.05, 0.1) is 11.0 Å². The Hall–Kier alpha value is -1.82. The van der Waals surface area contributed by atoms with Crippen LogP contribution in [0.1, 0.15) is 39.0 Å². The maximum absolute atomic E-state index is 12.1. The van der Waals surface area contributed by atoms with Gasteiger partial charge in [0.15, 0.2) is 0 Å². The molecule has 0 saturated carbocycles. The molecule has 2 rings (SSSR count). The van der Waals surface area contributed by atoms with Crippen molar-refractivity contribution in [3.63, 3.8) is 0 Å². The van der Waals surface area contributed by atoms with Gasteiger partial charge in [-0.2, -0.15) is 0 Å². The number of nitrogens with zero attached hydrogens (tertiary/aromatic N) is 1. The van der Waals surface area contributed by atoms with Crippen molar-refractivity contribution in [2.24, 2.45) is 0 Å². The van der Waals surface area contributed by atoms with Crippen LogP contribution in [0.2, 0.25) is 0 Å². The van der Waals surface area contributed by atoms with E-state index in [0.717, 1.165) is 12.8 Å². The summed E-state index contributed by atoms with van der Waals surface area (Å²) in [6, 6.07) is 5.34. The van der Waals surface area contributed by atoms with Crippen LogP contribution >= 0.6 is 11.8 Å². The fourth-order valence-corrected chi connectivity index (χ4v) is 3.22. The highest BCUT2D eigenvalue weighted by Gasteiger charge is 2.15. The Morgan fingerprint density at radius 2 is 2.21 bits per heavy atom. The Morgan fingerprint density at radius 1 is 1.33 bits per heavy atom. The topological polar surface area (TPSA) is 71.1 Å². The second kappa shape index (κ2) is 10.1. The molecule has 0 unspecified atom stereocenters. The van der Waals surface area contributed by atoms with Crippen LogP contribution in [0, 0.1) is 0 Å². The van der Waals surface area contributed by atoms with Crippen molar-refractivity contribution in [1.29, 1.82) is 0 Å². The average molecular weight is 347 g/mol. The fourth-order valence-electron chi connectivity index (χ4n) is 2.51. The van der Waals surface area contributed by atoms with Crippen molar-refractivity contribution in [3.05, 3.63) is 36.0 Å². The van der Waals surface area contributed by atoms with Crippen LogP contribution in [-0.4, -0.2) is 34.3 Å². The first-order chi connectivity index (χ1) is 11.6. The van der Waals surface area contributed by atoms with Crippen LogP contribution in [0.15, 0.2) is 36.0 Å². The van der Waals surface area contributed by atoms with Crippen LogP contribution in [0.5, 0.6) is 0 Å². The van der Waals surface area contributed by atoms with Crippen molar-refractivity contribution in [2.45, 2.75) is 44.3 Å². The molecule has 0 aliphatic heterocycles. The molecule has 2 N–H and O–H groups in total. The van der Waals surface area contributed by atoms with Gasteiger partial charge >= 0.3 is 0 Å². The highest BCUT2D eigenvalue weighted by Crippen LogP contribution is 2.19. The van der Waals surface area contributed by atoms with Gasteiger partial charge in [0.2, 0.25) is 11.8 Å². The molecular formula is C18H25N3O2S. The molecule has 5 nitrogen and oxygen atoms in total. The van der Waals surface area contributed by atoms with E-state index in [9.17, 15) is 9.59 Å². The summed E-state index contributed by atoms with van der Waals surface area (Å²) in [6.45, 7) is 2.50. The molecule has 2 amide bonds. The van der Waals surface area contributed by atoms with Gasteiger partial charge in [-0.25, -0.2) is 4.98 Å². The van der Waals surface area contributed by atoms with Gasteiger partial charge in [0.1, 0.15) is 5.82 Å². The number of amides is 2. The minimum Gasteiger partial charge on any atom is -0.355 e. The molecule has 6 heteroatoms. The van der Waals surface area contributed by atoms with Crippen LogP contribution in [0.25, 0.3) is 0 Å². The van der Waals surface area contributed by atoms with Gasteiger partial charge in [-0.1, -0.05) is 17.7 Å². The van der Waals surface area contributed by atoms with Gasteiger partial charge in [0.25, 0.3) is 0 Å². The summed E-state index contributed by atoms with van der Waals surface area (Å²) in [5.41, 5.74) is 1.46. The van der Waals surface area contributed by atoms with Crippen molar-refractivity contribution in [1.82, 2.24) is 10.3 Å². The van der Waals surface area contributed by atoms with E-state index in [-0.39, 0.29) is 22.8 Å². The zero-order valence-electron chi connectivity index (χ0n) is 14.1. The molecule has 1 aromatic rings. The first-order valence-corrected chi connectivity index (χ1v) is 9.48. The first-order valence-electron chi connectivity index (χ1n) is 8.43. The number of carbonyl (C=O) groups is 2. The fraction of sp³-hybridized carbons (Fsp3) is 0.500. The van der Waals surface area contributed by atoms with Crippen LogP contribution in [0.4, 0.5) is 5.82 Å². The number of thioether (sulfide) groups is 1. The van der Waals surface area contributed by atoms with E-state index in [0.29, 0.717) is 12.4 Å². The third-order valence-corrected chi connectivity index (χ3v) is 5.04. The van der Waals surface area contributed by atoms with E-state index >= 15 is 0 Å². The molecule has 1 aromatic heterocycles. The van der Waals surface area contributed by atoms with Crippen LogP contribution in [-0.2, 0) is 9.59 Å². The SMILES string of the molecule is C[C@@H](SCC(=O)Nc1ccccn1)C(=O)NCCC1=CCCCC1. The lowest BCUT2D eigenvalue weighted by Gasteiger charge is -2.15. The second-order valence-electron chi connectivity index (χ2n) is 5.87. The molecule has 1 heterocycles. The number of nitrogens with one attached hydrogen (secondary N) is 2. The summed E-state index contributed by atoms with van der Waals surface area (Å²) < 4.78 is 0. The maximum atomic E-state index is 12.1. The molecule has 24 heavy (non-hydrogen) atoms. The molecule has 130 valence electrons. The van der Waals surface area contributed by atoms with E-state index in [1.165, 1.54) is 36.6 Å². The number of allylic oxidation sites excluding steroid dienone is 1. The third kappa shape index (κ3) is 6.74. The number of anilines is 1. The Bertz CT molecular complexity index is 575. The van der Waals surface area contributed by atoms with E-state index in [1.54, 1.807) is 18.3 Å². The summed E-state index contributed by atoms with van der Waals surface area (Å²) in [5, 5.41) is 5.42. The standard InChI is InChI=1S/C18H25N3O2S/c1-14(18(23)20-12-10-15-7-3-2-4-8-15)24-13-17(22)21-16-9-5-6-11-19-16/h5-7,9,11,14H,2-4,8,10,12-13H2,1H3,(H,20,23)(H,19,21,22)/t14-/m1/s1. The molecule has 1 atom stereocenters. The summed E-state index contributed by atoms with van der Waals surface area (Å²) in [5.74, 6) is 0.602. The van der Waals surface area contributed by atoms with Gasteiger partial charge in [-0.15, -0.1) is 11.8 Å². The maximum Gasteiger partial charge on any atom is 0.235 e. The van der Waals surface area contributed by atoms with E-state index < -0.39 is 0 Å². The predicted molar refractivity (Wildman–Crippen MR) is 99.0 cm³/mol. The molecule has 1 aliphatic rings. The van der Waals surface area contributed by atoms with Crippen molar-refractivity contribution in [2.75, 3.05) is 17.6 Å². The molecule has 1 aliphatic carbocycles. The summed E-state index contributed by atoms with van der Waals surface area (Å²) in [7, 11) is 0. The summed E-state index contributed by atoms with van der Waals surface area (Å²) >= 11 is 1.33. The lowest BCUT2D eigenvalue weighted by atomic mass is 9.97. The number of hydrogen-bond donors (Lipinski definition) is 2. The highest BCUT2D eigenvalue weighted by molar-refractivity contribution is 8.01. The summed E-state index contributed by atoms with van der Waals surface area (Å²) in [4.78, 5) is 27.9. The van der Waals surface area contributed by atoms with E-state index in [2.05, 4.69) is 21.7 Å².